The fourth-order valence-corrected chi connectivity index (χ4v) is 2.27. The molecule has 1 aliphatic heterocycles. The maximum Gasteiger partial charge on any atom is 0.231 e. The highest BCUT2D eigenvalue weighted by atomic mass is 16.7. The highest BCUT2D eigenvalue weighted by Crippen LogP contribution is 2.35. The van der Waals surface area contributed by atoms with Crippen molar-refractivity contribution >= 4 is 0 Å². The lowest BCUT2D eigenvalue weighted by Crippen LogP contribution is -2.13. The van der Waals surface area contributed by atoms with Gasteiger partial charge in [-0.2, -0.15) is 0 Å². The third-order valence-corrected chi connectivity index (χ3v) is 3.37. The van der Waals surface area contributed by atoms with Crippen molar-refractivity contribution in [3.63, 3.8) is 0 Å². The molecule has 0 unspecified atom stereocenters. The van der Waals surface area contributed by atoms with E-state index in [2.05, 4.69) is 42.6 Å². The van der Waals surface area contributed by atoms with Crippen molar-refractivity contribution in [2.75, 3.05) is 6.79 Å². The number of para-hydroxylation sites is 1. The number of hydrogen-bond donors (Lipinski definition) is 1. The molecule has 0 saturated carbocycles. The maximum atomic E-state index is 5.49. The third-order valence-electron chi connectivity index (χ3n) is 3.37. The van der Waals surface area contributed by atoms with E-state index in [-0.39, 0.29) is 0 Å². The summed E-state index contributed by atoms with van der Waals surface area (Å²) < 4.78 is 10.9. The van der Waals surface area contributed by atoms with Gasteiger partial charge < -0.3 is 14.8 Å². The quantitative estimate of drug-likeness (QED) is 0.911. The minimum Gasteiger partial charge on any atom is -0.454 e. The first-order chi connectivity index (χ1) is 9.34. The number of fused-ring (bicyclic) bond motifs is 1. The Morgan fingerprint density at radius 1 is 0.947 bits per heavy atom. The van der Waals surface area contributed by atoms with Crippen LogP contribution in [0.1, 0.15) is 16.7 Å². The summed E-state index contributed by atoms with van der Waals surface area (Å²) in [6, 6.07) is 14.4. The molecule has 98 valence electrons. The van der Waals surface area contributed by atoms with Crippen LogP contribution < -0.4 is 14.8 Å². The first kappa shape index (κ1) is 12.1. The van der Waals surface area contributed by atoms with E-state index in [1.807, 2.05) is 12.1 Å². The molecule has 0 spiro atoms. The summed E-state index contributed by atoms with van der Waals surface area (Å²) >= 11 is 0. The Labute approximate surface area is 113 Å². The lowest BCUT2D eigenvalue weighted by Gasteiger charge is -2.09. The Morgan fingerprint density at radius 3 is 2.63 bits per heavy atom. The second kappa shape index (κ2) is 5.33. The summed E-state index contributed by atoms with van der Waals surface area (Å²) in [6.45, 7) is 4.09. The molecule has 3 nitrogen and oxygen atoms in total. The van der Waals surface area contributed by atoms with Crippen LogP contribution in [-0.4, -0.2) is 6.79 Å². The van der Waals surface area contributed by atoms with E-state index in [9.17, 15) is 0 Å². The van der Waals surface area contributed by atoms with Crippen LogP contribution in [0.25, 0.3) is 0 Å². The number of nitrogens with one attached hydrogen (secondary N) is 1. The molecule has 0 amide bonds. The standard InChI is InChI=1S/C16H17NO2/c1-12-5-2-3-6-13(12)9-17-10-14-7-4-8-15-16(14)19-11-18-15/h2-8,17H,9-11H2,1H3. The topological polar surface area (TPSA) is 30.5 Å². The minimum atomic E-state index is 0.324. The molecular formula is C16H17NO2. The molecular weight excluding hydrogens is 238 g/mol. The van der Waals surface area contributed by atoms with Crippen molar-refractivity contribution in [1.82, 2.24) is 5.32 Å². The van der Waals surface area contributed by atoms with Crippen LogP contribution in [0.5, 0.6) is 11.5 Å². The van der Waals surface area contributed by atoms with Gasteiger partial charge in [-0.25, -0.2) is 0 Å². The number of hydrogen-bond acceptors (Lipinski definition) is 3. The van der Waals surface area contributed by atoms with Gasteiger partial charge in [-0.1, -0.05) is 36.4 Å². The SMILES string of the molecule is Cc1ccccc1CNCc1cccc2c1OCO2. The van der Waals surface area contributed by atoms with Gasteiger partial charge in [0.25, 0.3) is 0 Å². The second-order valence-electron chi connectivity index (χ2n) is 4.68. The Bertz CT molecular complexity index is 581. The van der Waals surface area contributed by atoms with Gasteiger partial charge in [0.1, 0.15) is 0 Å². The van der Waals surface area contributed by atoms with Crippen LogP contribution in [0, 0.1) is 6.92 Å². The monoisotopic (exact) mass is 255 g/mol. The van der Waals surface area contributed by atoms with Gasteiger partial charge in [-0.15, -0.1) is 0 Å². The van der Waals surface area contributed by atoms with Gasteiger partial charge >= 0.3 is 0 Å². The highest BCUT2D eigenvalue weighted by molar-refractivity contribution is 5.48. The Morgan fingerprint density at radius 2 is 1.74 bits per heavy atom. The van der Waals surface area contributed by atoms with E-state index in [1.54, 1.807) is 0 Å². The zero-order chi connectivity index (χ0) is 13.1. The molecule has 3 rings (SSSR count). The van der Waals surface area contributed by atoms with Gasteiger partial charge in [-0.3, -0.25) is 0 Å². The third kappa shape index (κ3) is 2.56. The van der Waals surface area contributed by atoms with Crippen LogP contribution in [0.3, 0.4) is 0 Å². The summed E-state index contributed by atoms with van der Waals surface area (Å²) in [4.78, 5) is 0. The summed E-state index contributed by atoms with van der Waals surface area (Å²) in [5.41, 5.74) is 3.78. The Balaban J connectivity index is 1.65. The van der Waals surface area contributed by atoms with Crippen LogP contribution >= 0.6 is 0 Å². The van der Waals surface area contributed by atoms with Gasteiger partial charge in [0, 0.05) is 18.7 Å². The second-order valence-corrected chi connectivity index (χ2v) is 4.68. The highest BCUT2D eigenvalue weighted by Gasteiger charge is 2.16. The van der Waals surface area contributed by atoms with Crippen molar-refractivity contribution in [2.24, 2.45) is 0 Å². The van der Waals surface area contributed by atoms with Crippen molar-refractivity contribution in [1.29, 1.82) is 0 Å². The van der Waals surface area contributed by atoms with Gasteiger partial charge in [0.2, 0.25) is 6.79 Å². The van der Waals surface area contributed by atoms with Crippen LogP contribution in [0.2, 0.25) is 0 Å². The lowest BCUT2D eigenvalue weighted by molar-refractivity contribution is 0.173. The number of aryl methyl sites for hydroxylation is 1. The smallest absolute Gasteiger partial charge is 0.231 e. The van der Waals surface area contributed by atoms with Crippen LogP contribution in [0.4, 0.5) is 0 Å². The Kier molecular flexibility index (Phi) is 3.38. The average Bonchev–Trinajstić information content (AvgIpc) is 2.90. The van der Waals surface area contributed by atoms with Crippen LogP contribution in [0.15, 0.2) is 42.5 Å². The molecule has 0 atom stereocenters. The molecule has 1 N–H and O–H groups in total. The van der Waals surface area contributed by atoms with Crippen molar-refractivity contribution in [3.8, 4) is 11.5 Å². The first-order valence-corrected chi connectivity index (χ1v) is 6.47. The number of benzene rings is 2. The normalized spacial score (nSPS) is 12.7. The molecule has 0 bridgehead atoms. The largest absolute Gasteiger partial charge is 0.454 e. The van der Waals surface area contributed by atoms with E-state index in [1.165, 1.54) is 11.1 Å². The summed E-state index contributed by atoms with van der Waals surface area (Å²) in [7, 11) is 0. The molecule has 1 heterocycles. The van der Waals surface area contributed by atoms with Gasteiger partial charge in [0.15, 0.2) is 11.5 Å². The number of ether oxygens (including phenoxy) is 2. The molecule has 0 aliphatic carbocycles. The lowest BCUT2D eigenvalue weighted by atomic mass is 10.1. The Hall–Kier alpha value is -2.00. The molecule has 3 heteroatoms. The number of rotatable bonds is 4. The zero-order valence-electron chi connectivity index (χ0n) is 11.0. The molecule has 0 saturated heterocycles. The minimum absolute atomic E-state index is 0.324. The average molecular weight is 255 g/mol. The molecule has 2 aromatic rings. The predicted octanol–water partition coefficient (Wildman–Crippen LogP) is 3.01. The summed E-state index contributed by atoms with van der Waals surface area (Å²) in [5, 5.41) is 3.45. The summed E-state index contributed by atoms with van der Waals surface area (Å²) in [5.74, 6) is 1.72. The van der Waals surface area contributed by atoms with Gasteiger partial charge in [-0.05, 0) is 24.1 Å². The molecule has 0 radical (unpaired) electrons. The molecule has 1 aliphatic rings. The van der Waals surface area contributed by atoms with E-state index in [0.29, 0.717) is 6.79 Å². The zero-order valence-corrected chi connectivity index (χ0v) is 11.0. The maximum absolute atomic E-state index is 5.49. The molecule has 2 aromatic carbocycles. The van der Waals surface area contributed by atoms with E-state index in [0.717, 1.165) is 30.2 Å². The van der Waals surface area contributed by atoms with Gasteiger partial charge in [0.05, 0.1) is 0 Å². The van der Waals surface area contributed by atoms with Crippen molar-refractivity contribution < 1.29 is 9.47 Å². The fourth-order valence-electron chi connectivity index (χ4n) is 2.27. The van der Waals surface area contributed by atoms with E-state index >= 15 is 0 Å². The molecule has 0 aromatic heterocycles. The van der Waals surface area contributed by atoms with Crippen molar-refractivity contribution in [2.45, 2.75) is 20.0 Å². The molecule has 0 fully saturated rings. The predicted molar refractivity (Wildman–Crippen MR) is 74.3 cm³/mol. The van der Waals surface area contributed by atoms with Crippen LogP contribution in [-0.2, 0) is 13.1 Å². The fraction of sp³-hybridized carbons (Fsp3) is 0.250. The van der Waals surface area contributed by atoms with E-state index < -0.39 is 0 Å². The first-order valence-electron chi connectivity index (χ1n) is 6.47. The molecule has 19 heavy (non-hydrogen) atoms. The van der Waals surface area contributed by atoms with E-state index in [4.69, 9.17) is 9.47 Å². The summed E-state index contributed by atoms with van der Waals surface area (Å²) in [6.07, 6.45) is 0. The van der Waals surface area contributed by atoms with Crippen molar-refractivity contribution in [3.05, 3.63) is 59.2 Å².